The van der Waals surface area contributed by atoms with E-state index in [1.807, 2.05) is 6.92 Å². The molecule has 16 heavy (non-hydrogen) atoms. The molecule has 0 aliphatic heterocycles. The van der Waals surface area contributed by atoms with Crippen molar-refractivity contribution in [3.05, 3.63) is 0 Å². The fourth-order valence-corrected chi connectivity index (χ4v) is 2.41. The predicted molar refractivity (Wildman–Crippen MR) is 67.0 cm³/mol. The van der Waals surface area contributed by atoms with Crippen molar-refractivity contribution >= 4 is 5.91 Å². The molecule has 1 saturated carbocycles. The molecule has 3 N–H and O–H groups in total. The minimum Gasteiger partial charge on any atom is -0.352 e. The van der Waals surface area contributed by atoms with E-state index in [1.165, 1.54) is 25.7 Å². The quantitative estimate of drug-likeness (QED) is 0.754. The molecule has 1 fully saturated rings. The first-order chi connectivity index (χ1) is 7.56. The highest BCUT2D eigenvalue weighted by Crippen LogP contribution is 2.27. The average molecular weight is 226 g/mol. The van der Waals surface area contributed by atoms with E-state index in [1.54, 1.807) is 0 Å². The van der Waals surface area contributed by atoms with Crippen LogP contribution in [0.3, 0.4) is 0 Å². The summed E-state index contributed by atoms with van der Waals surface area (Å²) in [4.78, 5) is 11.9. The van der Waals surface area contributed by atoms with Gasteiger partial charge in [0.05, 0.1) is 6.04 Å². The van der Waals surface area contributed by atoms with Gasteiger partial charge in [0.15, 0.2) is 0 Å². The number of nitrogens with two attached hydrogens (primary N) is 1. The molecule has 0 heterocycles. The van der Waals surface area contributed by atoms with E-state index in [0.29, 0.717) is 5.92 Å². The van der Waals surface area contributed by atoms with Crippen LogP contribution in [0.5, 0.6) is 0 Å². The molecule has 0 radical (unpaired) electrons. The maximum absolute atomic E-state index is 11.9. The van der Waals surface area contributed by atoms with Crippen LogP contribution in [-0.2, 0) is 4.79 Å². The van der Waals surface area contributed by atoms with Crippen molar-refractivity contribution in [1.29, 1.82) is 0 Å². The first-order valence-corrected chi connectivity index (χ1v) is 6.62. The maximum Gasteiger partial charge on any atom is 0.237 e. The maximum atomic E-state index is 11.9. The van der Waals surface area contributed by atoms with Crippen LogP contribution in [0.4, 0.5) is 0 Å². The zero-order chi connectivity index (χ0) is 12.1. The Morgan fingerprint density at radius 1 is 1.38 bits per heavy atom. The van der Waals surface area contributed by atoms with Crippen LogP contribution in [0.25, 0.3) is 0 Å². The van der Waals surface area contributed by atoms with Crippen molar-refractivity contribution in [2.75, 3.05) is 0 Å². The van der Waals surface area contributed by atoms with Crippen LogP contribution in [0.1, 0.15) is 52.9 Å². The largest absolute Gasteiger partial charge is 0.352 e. The van der Waals surface area contributed by atoms with Crippen LogP contribution < -0.4 is 11.1 Å². The molecule has 0 bridgehead atoms. The van der Waals surface area contributed by atoms with Crippen molar-refractivity contribution in [3.8, 4) is 0 Å². The molecule has 0 spiro atoms. The summed E-state index contributed by atoms with van der Waals surface area (Å²) in [5, 5.41) is 3.07. The van der Waals surface area contributed by atoms with E-state index >= 15 is 0 Å². The predicted octanol–water partition coefficient (Wildman–Crippen LogP) is 2.05. The Morgan fingerprint density at radius 3 is 2.44 bits per heavy atom. The molecular weight excluding hydrogens is 200 g/mol. The van der Waals surface area contributed by atoms with E-state index in [0.717, 1.165) is 6.42 Å². The highest BCUT2D eigenvalue weighted by Gasteiger charge is 2.26. The van der Waals surface area contributed by atoms with Gasteiger partial charge < -0.3 is 11.1 Å². The van der Waals surface area contributed by atoms with Gasteiger partial charge in [-0.15, -0.1) is 0 Å². The van der Waals surface area contributed by atoms with Crippen molar-refractivity contribution in [2.24, 2.45) is 17.6 Å². The summed E-state index contributed by atoms with van der Waals surface area (Å²) in [6.45, 7) is 6.21. The van der Waals surface area contributed by atoms with Crippen LogP contribution in [-0.4, -0.2) is 18.0 Å². The number of rotatable bonds is 5. The van der Waals surface area contributed by atoms with Crippen LogP contribution in [0.15, 0.2) is 0 Å². The molecule has 3 heteroatoms. The second-order valence-corrected chi connectivity index (χ2v) is 5.25. The van der Waals surface area contributed by atoms with Gasteiger partial charge in [-0.05, 0) is 31.6 Å². The molecule has 1 amide bonds. The van der Waals surface area contributed by atoms with Gasteiger partial charge in [-0.2, -0.15) is 0 Å². The van der Waals surface area contributed by atoms with Crippen LogP contribution in [0.2, 0.25) is 0 Å². The van der Waals surface area contributed by atoms with Crippen molar-refractivity contribution in [3.63, 3.8) is 0 Å². The first kappa shape index (κ1) is 13.5. The third kappa shape index (κ3) is 3.48. The molecule has 94 valence electrons. The lowest BCUT2D eigenvalue weighted by atomic mass is 9.96. The molecule has 3 atom stereocenters. The molecule has 1 rings (SSSR count). The normalized spacial score (nSPS) is 22.8. The number of carbonyl (C=O) groups is 1. The summed E-state index contributed by atoms with van der Waals surface area (Å²) in [7, 11) is 0. The van der Waals surface area contributed by atoms with Crippen molar-refractivity contribution < 1.29 is 4.79 Å². The Kier molecular flexibility index (Phi) is 5.26. The topological polar surface area (TPSA) is 55.1 Å². The second-order valence-electron chi connectivity index (χ2n) is 5.25. The van der Waals surface area contributed by atoms with Gasteiger partial charge >= 0.3 is 0 Å². The number of nitrogens with one attached hydrogen (secondary N) is 1. The Hall–Kier alpha value is -0.570. The Morgan fingerprint density at radius 2 is 1.94 bits per heavy atom. The van der Waals surface area contributed by atoms with Gasteiger partial charge in [-0.1, -0.05) is 33.1 Å². The van der Waals surface area contributed by atoms with Gasteiger partial charge in [0.2, 0.25) is 5.91 Å². The molecule has 0 aromatic rings. The molecule has 1 aliphatic carbocycles. The van der Waals surface area contributed by atoms with Crippen LogP contribution >= 0.6 is 0 Å². The van der Waals surface area contributed by atoms with E-state index in [-0.39, 0.29) is 23.9 Å². The van der Waals surface area contributed by atoms with Gasteiger partial charge in [0, 0.05) is 6.04 Å². The molecule has 1 unspecified atom stereocenters. The first-order valence-electron chi connectivity index (χ1n) is 6.62. The standard InChI is InChI=1S/C13H26N2O/c1-4-9(2)12(14)13(16)15-10(3)11-7-5-6-8-11/h9-12H,4-8,14H2,1-3H3,(H,15,16)/t9-,10?,12-/m0/s1. The number of hydrogen-bond donors (Lipinski definition) is 2. The summed E-state index contributed by atoms with van der Waals surface area (Å²) in [6, 6.07) is -0.0704. The van der Waals surface area contributed by atoms with E-state index in [4.69, 9.17) is 5.73 Å². The molecule has 0 aromatic heterocycles. The lowest BCUT2D eigenvalue weighted by Gasteiger charge is -2.24. The van der Waals surface area contributed by atoms with Gasteiger partial charge in [0.25, 0.3) is 0 Å². The van der Waals surface area contributed by atoms with Gasteiger partial charge in [-0.25, -0.2) is 0 Å². The lowest BCUT2D eigenvalue weighted by molar-refractivity contribution is -0.124. The smallest absolute Gasteiger partial charge is 0.237 e. The minimum atomic E-state index is -0.353. The lowest BCUT2D eigenvalue weighted by Crippen LogP contribution is -2.49. The number of hydrogen-bond acceptors (Lipinski definition) is 2. The Balaban J connectivity index is 2.37. The molecule has 3 nitrogen and oxygen atoms in total. The molecule has 0 saturated heterocycles. The SMILES string of the molecule is CC[C@H](C)[C@H](N)C(=O)NC(C)C1CCCC1. The summed E-state index contributed by atoms with van der Waals surface area (Å²) in [6.07, 6.45) is 6.07. The Bertz CT molecular complexity index is 224. The summed E-state index contributed by atoms with van der Waals surface area (Å²) in [5.41, 5.74) is 5.91. The highest BCUT2D eigenvalue weighted by atomic mass is 16.2. The van der Waals surface area contributed by atoms with Gasteiger partial charge in [-0.3, -0.25) is 4.79 Å². The molecule has 0 aromatic carbocycles. The minimum absolute atomic E-state index is 0.0220. The average Bonchev–Trinajstić information content (AvgIpc) is 2.80. The Labute approximate surface area is 99.2 Å². The second kappa shape index (κ2) is 6.24. The third-order valence-electron chi connectivity index (χ3n) is 4.04. The van der Waals surface area contributed by atoms with E-state index < -0.39 is 0 Å². The zero-order valence-corrected chi connectivity index (χ0v) is 10.8. The summed E-state index contributed by atoms with van der Waals surface area (Å²) in [5.74, 6) is 0.942. The summed E-state index contributed by atoms with van der Waals surface area (Å²) < 4.78 is 0. The molecule has 1 aliphatic rings. The fraction of sp³-hybridized carbons (Fsp3) is 0.923. The summed E-state index contributed by atoms with van der Waals surface area (Å²) >= 11 is 0. The van der Waals surface area contributed by atoms with Crippen LogP contribution in [0, 0.1) is 11.8 Å². The van der Waals surface area contributed by atoms with E-state index in [2.05, 4.69) is 19.2 Å². The van der Waals surface area contributed by atoms with Gasteiger partial charge in [0.1, 0.15) is 0 Å². The van der Waals surface area contributed by atoms with Crippen molar-refractivity contribution in [1.82, 2.24) is 5.32 Å². The third-order valence-corrected chi connectivity index (χ3v) is 4.04. The molecular formula is C13H26N2O. The number of amides is 1. The van der Waals surface area contributed by atoms with Crippen molar-refractivity contribution in [2.45, 2.75) is 65.0 Å². The highest BCUT2D eigenvalue weighted by molar-refractivity contribution is 5.82. The number of carbonyl (C=O) groups excluding carboxylic acids is 1. The fourth-order valence-electron chi connectivity index (χ4n) is 2.41. The monoisotopic (exact) mass is 226 g/mol. The zero-order valence-electron chi connectivity index (χ0n) is 10.8. The van der Waals surface area contributed by atoms with E-state index in [9.17, 15) is 4.79 Å².